The molecule has 0 radical (unpaired) electrons. The van der Waals surface area contributed by atoms with Crippen molar-refractivity contribution < 1.29 is 28.1 Å². The molecule has 0 fully saturated rings. The summed E-state index contributed by atoms with van der Waals surface area (Å²) >= 11 is 0. The molecule has 0 amide bonds. The van der Waals surface area contributed by atoms with Gasteiger partial charge in [0, 0.05) is 18.7 Å². The number of aliphatic hydroxyl groups excluding tert-OH is 1. The number of aliphatic hydroxyl groups is 1. The number of hydrogen-bond acceptors (Lipinski definition) is 5. The van der Waals surface area contributed by atoms with Gasteiger partial charge in [0.05, 0.1) is 20.3 Å². The largest absolute Gasteiger partial charge is 0.493 e. The van der Waals surface area contributed by atoms with E-state index in [9.17, 15) is 8.78 Å². The maximum atomic E-state index is 12.4. The van der Waals surface area contributed by atoms with Gasteiger partial charge in [0.25, 0.3) is 0 Å². The number of alkyl halides is 2. The van der Waals surface area contributed by atoms with Gasteiger partial charge in [0.2, 0.25) is 0 Å². The smallest absolute Gasteiger partial charge is 0.387 e. The summed E-state index contributed by atoms with van der Waals surface area (Å²) in [5.74, 6) is 0.333. The Hall–Kier alpha value is -1.44. The lowest BCUT2D eigenvalue weighted by Gasteiger charge is -2.14. The molecule has 1 aromatic carbocycles. The monoisotopic (exact) mass is 305 g/mol. The van der Waals surface area contributed by atoms with Crippen LogP contribution in [0.25, 0.3) is 0 Å². The Balaban J connectivity index is 2.46. The van der Waals surface area contributed by atoms with Crippen molar-refractivity contribution in [2.75, 3.05) is 33.5 Å². The Morgan fingerprint density at radius 1 is 1.29 bits per heavy atom. The standard InChI is InChI=1S/C14H21F2NO4/c1-19-12-5-2-4-11(13(12)21-14(15)16)10-17-6-3-8-20-9-7-18/h2,4-5,14,17-18H,3,6-10H2,1H3. The van der Waals surface area contributed by atoms with Gasteiger partial charge in [-0.2, -0.15) is 8.78 Å². The summed E-state index contributed by atoms with van der Waals surface area (Å²) in [6.45, 7) is -0.984. The lowest BCUT2D eigenvalue weighted by molar-refractivity contribution is -0.0518. The summed E-state index contributed by atoms with van der Waals surface area (Å²) in [4.78, 5) is 0. The van der Waals surface area contributed by atoms with Crippen LogP contribution < -0.4 is 14.8 Å². The van der Waals surface area contributed by atoms with Crippen molar-refractivity contribution in [3.05, 3.63) is 23.8 Å². The second-order valence-electron chi connectivity index (χ2n) is 4.19. The minimum absolute atomic E-state index is 0.00552. The van der Waals surface area contributed by atoms with Crippen LogP contribution in [-0.2, 0) is 11.3 Å². The van der Waals surface area contributed by atoms with Crippen molar-refractivity contribution in [1.82, 2.24) is 5.32 Å². The number of halogens is 2. The highest BCUT2D eigenvalue weighted by Gasteiger charge is 2.14. The molecule has 0 atom stereocenters. The first kappa shape index (κ1) is 17.6. The molecule has 0 aliphatic rings. The number of methoxy groups -OCH3 is 1. The number of ether oxygens (including phenoxy) is 3. The number of hydrogen-bond donors (Lipinski definition) is 2. The summed E-state index contributed by atoms with van der Waals surface area (Å²) in [5, 5.41) is 11.7. The summed E-state index contributed by atoms with van der Waals surface area (Å²) in [5.41, 5.74) is 0.603. The normalized spacial score (nSPS) is 10.9. The second kappa shape index (κ2) is 10.3. The van der Waals surface area contributed by atoms with Crippen LogP contribution in [0.15, 0.2) is 18.2 Å². The van der Waals surface area contributed by atoms with E-state index >= 15 is 0 Å². The fourth-order valence-electron chi connectivity index (χ4n) is 1.77. The average Bonchev–Trinajstić information content (AvgIpc) is 2.47. The third kappa shape index (κ3) is 6.70. The molecule has 0 aromatic heterocycles. The Morgan fingerprint density at radius 2 is 2.10 bits per heavy atom. The Bertz CT molecular complexity index is 405. The van der Waals surface area contributed by atoms with E-state index in [0.717, 1.165) is 6.42 Å². The quantitative estimate of drug-likeness (QED) is 0.610. The van der Waals surface area contributed by atoms with Gasteiger partial charge in [-0.3, -0.25) is 0 Å². The molecular weight excluding hydrogens is 284 g/mol. The fraction of sp³-hybridized carbons (Fsp3) is 0.571. The molecule has 0 spiro atoms. The highest BCUT2D eigenvalue weighted by molar-refractivity contribution is 5.46. The maximum absolute atomic E-state index is 12.4. The maximum Gasteiger partial charge on any atom is 0.387 e. The van der Waals surface area contributed by atoms with Crippen LogP contribution in [0.1, 0.15) is 12.0 Å². The lowest BCUT2D eigenvalue weighted by atomic mass is 10.2. The van der Waals surface area contributed by atoms with Gasteiger partial charge in [-0.25, -0.2) is 0 Å². The van der Waals surface area contributed by atoms with E-state index in [4.69, 9.17) is 14.6 Å². The number of para-hydroxylation sites is 1. The summed E-state index contributed by atoms with van der Waals surface area (Å²) in [7, 11) is 1.41. The third-order valence-electron chi connectivity index (χ3n) is 2.68. The van der Waals surface area contributed by atoms with E-state index in [1.165, 1.54) is 7.11 Å². The van der Waals surface area contributed by atoms with Crippen molar-refractivity contribution in [3.8, 4) is 11.5 Å². The van der Waals surface area contributed by atoms with E-state index in [1.54, 1.807) is 18.2 Å². The van der Waals surface area contributed by atoms with Crippen molar-refractivity contribution in [1.29, 1.82) is 0 Å². The van der Waals surface area contributed by atoms with Gasteiger partial charge in [-0.05, 0) is 19.0 Å². The molecular formula is C14H21F2NO4. The first-order valence-corrected chi connectivity index (χ1v) is 6.69. The third-order valence-corrected chi connectivity index (χ3v) is 2.68. The van der Waals surface area contributed by atoms with Crippen LogP contribution in [-0.4, -0.2) is 45.2 Å². The highest BCUT2D eigenvalue weighted by atomic mass is 19.3. The highest BCUT2D eigenvalue weighted by Crippen LogP contribution is 2.32. The van der Waals surface area contributed by atoms with E-state index in [0.29, 0.717) is 31.9 Å². The number of benzene rings is 1. The van der Waals surface area contributed by atoms with Gasteiger partial charge in [0.1, 0.15) is 0 Å². The van der Waals surface area contributed by atoms with Gasteiger partial charge < -0.3 is 24.6 Å². The summed E-state index contributed by atoms with van der Waals surface area (Å²) in [6, 6.07) is 5.00. The molecule has 7 heteroatoms. The molecule has 0 heterocycles. The fourth-order valence-corrected chi connectivity index (χ4v) is 1.77. The molecule has 1 aromatic rings. The number of nitrogens with one attached hydrogen (secondary N) is 1. The van der Waals surface area contributed by atoms with Crippen molar-refractivity contribution in [2.45, 2.75) is 19.6 Å². The molecule has 0 unspecified atom stereocenters. The lowest BCUT2D eigenvalue weighted by Crippen LogP contribution is -2.18. The zero-order valence-corrected chi connectivity index (χ0v) is 12.0. The zero-order chi connectivity index (χ0) is 15.5. The van der Waals surface area contributed by atoms with Gasteiger partial charge in [-0.1, -0.05) is 12.1 Å². The van der Waals surface area contributed by atoms with E-state index in [2.05, 4.69) is 10.1 Å². The SMILES string of the molecule is COc1cccc(CNCCCOCCO)c1OC(F)F. The molecule has 21 heavy (non-hydrogen) atoms. The van der Waals surface area contributed by atoms with Crippen LogP contribution in [0, 0.1) is 0 Å². The average molecular weight is 305 g/mol. The first-order chi connectivity index (χ1) is 10.2. The van der Waals surface area contributed by atoms with Crippen LogP contribution in [0.3, 0.4) is 0 Å². The van der Waals surface area contributed by atoms with E-state index in [-0.39, 0.29) is 18.1 Å². The zero-order valence-electron chi connectivity index (χ0n) is 12.0. The molecule has 0 aliphatic heterocycles. The van der Waals surface area contributed by atoms with Crippen LogP contribution in [0.5, 0.6) is 11.5 Å². The minimum Gasteiger partial charge on any atom is -0.493 e. The van der Waals surface area contributed by atoms with Gasteiger partial charge in [0.15, 0.2) is 11.5 Å². The molecule has 5 nitrogen and oxygen atoms in total. The molecule has 0 saturated heterocycles. The van der Waals surface area contributed by atoms with E-state index in [1.807, 2.05) is 0 Å². The van der Waals surface area contributed by atoms with Crippen molar-refractivity contribution >= 4 is 0 Å². The molecule has 0 saturated carbocycles. The van der Waals surface area contributed by atoms with Gasteiger partial charge in [-0.15, -0.1) is 0 Å². The topological polar surface area (TPSA) is 60.0 Å². The molecule has 120 valence electrons. The predicted octanol–water partition coefficient (Wildman–Crippen LogP) is 1.79. The first-order valence-electron chi connectivity index (χ1n) is 6.69. The second-order valence-corrected chi connectivity index (χ2v) is 4.19. The Labute approximate surface area is 122 Å². The minimum atomic E-state index is -2.90. The molecule has 0 bridgehead atoms. The van der Waals surface area contributed by atoms with Crippen LogP contribution in [0.4, 0.5) is 8.78 Å². The summed E-state index contributed by atoms with van der Waals surface area (Å²) in [6.07, 6.45) is 0.759. The Morgan fingerprint density at radius 3 is 2.76 bits per heavy atom. The summed E-state index contributed by atoms with van der Waals surface area (Å²) < 4.78 is 39.6. The van der Waals surface area contributed by atoms with Crippen LogP contribution in [0.2, 0.25) is 0 Å². The number of rotatable bonds is 11. The molecule has 0 aliphatic carbocycles. The predicted molar refractivity (Wildman–Crippen MR) is 73.9 cm³/mol. The van der Waals surface area contributed by atoms with E-state index < -0.39 is 6.61 Å². The molecule has 2 N–H and O–H groups in total. The van der Waals surface area contributed by atoms with Gasteiger partial charge >= 0.3 is 6.61 Å². The molecule has 1 rings (SSSR count). The Kier molecular flexibility index (Phi) is 8.65. The van der Waals surface area contributed by atoms with Crippen LogP contribution >= 0.6 is 0 Å². The van der Waals surface area contributed by atoms with Crippen molar-refractivity contribution in [3.63, 3.8) is 0 Å². The van der Waals surface area contributed by atoms with Crippen molar-refractivity contribution in [2.24, 2.45) is 0 Å².